The van der Waals surface area contributed by atoms with E-state index in [0.717, 1.165) is 29.9 Å². The summed E-state index contributed by atoms with van der Waals surface area (Å²) in [6, 6.07) is 12.1. The largest absolute Gasteiger partial charge is 0.461 e. The number of benzene rings is 1. The van der Waals surface area contributed by atoms with Gasteiger partial charge < -0.3 is 14.7 Å². The topological polar surface area (TPSA) is 109 Å². The van der Waals surface area contributed by atoms with Crippen LogP contribution < -0.4 is 5.73 Å². The van der Waals surface area contributed by atoms with Crippen LogP contribution in [0.2, 0.25) is 0 Å². The summed E-state index contributed by atoms with van der Waals surface area (Å²) in [6.45, 7) is 4.32. The third-order valence-corrected chi connectivity index (χ3v) is 7.41. The minimum Gasteiger partial charge on any atom is -0.461 e. The monoisotopic (exact) mass is 489 g/mol. The summed E-state index contributed by atoms with van der Waals surface area (Å²) in [5, 5.41) is 9.01. The Hall–Kier alpha value is -3.59. The molecule has 4 aromatic rings. The number of carbonyl (C=O) groups is 2. The smallest absolute Gasteiger partial charge is 0.219 e. The molecular formula is C26H27N5O3S. The number of fused-ring (bicyclic) bond motifs is 1. The maximum Gasteiger partial charge on any atom is 0.219 e. The molecule has 2 N–H and O–H groups in total. The third kappa shape index (κ3) is 4.55. The molecule has 3 heterocycles. The number of primary amides is 1. The summed E-state index contributed by atoms with van der Waals surface area (Å²) in [7, 11) is 0. The van der Waals surface area contributed by atoms with Gasteiger partial charge >= 0.3 is 0 Å². The van der Waals surface area contributed by atoms with Crippen molar-refractivity contribution in [3.63, 3.8) is 0 Å². The number of thioether (sulfide) groups is 1. The second-order valence-electron chi connectivity index (χ2n) is 8.79. The molecule has 5 rings (SSSR count). The highest BCUT2D eigenvalue weighted by atomic mass is 32.2. The van der Waals surface area contributed by atoms with Crippen LogP contribution in [0, 0.1) is 13.8 Å². The van der Waals surface area contributed by atoms with Crippen LogP contribution in [0.4, 0.5) is 0 Å². The molecule has 0 saturated heterocycles. The average molecular weight is 490 g/mol. The van der Waals surface area contributed by atoms with Crippen LogP contribution in [-0.2, 0) is 24.2 Å². The van der Waals surface area contributed by atoms with Crippen LogP contribution in [0.5, 0.6) is 0 Å². The van der Waals surface area contributed by atoms with E-state index in [1.165, 1.54) is 29.3 Å². The lowest BCUT2D eigenvalue weighted by molar-refractivity contribution is -0.118. The molecule has 0 aliphatic heterocycles. The van der Waals surface area contributed by atoms with E-state index in [4.69, 9.17) is 10.2 Å². The molecule has 8 nitrogen and oxygen atoms in total. The number of aromatic nitrogens is 4. The molecule has 1 aromatic carbocycles. The maximum atomic E-state index is 13.3. The SMILES string of the molecule is Cc1cc(C(=O)CSc2nnc(-c3ccco3)n2CCC(N)=O)c(C)n1-c1ccc2c(c1)CCC2. The normalized spacial score (nSPS) is 12.7. The Morgan fingerprint density at radius 1 is 1.11 bits per heavy atom. The van der Waals surface area contributed by atoms with E-state index in [1.807, 2.05) is 19.9 Å². The van der Waals surface area contributed by atoms with Gasteiger partial charge in [0.2, 0.25) is 5.91 Å². The zero-order chi connectivity index (χ0) is 24.5. The number of nitrogens with zero attached hydrogens (tertiary/aromatic N) is 4. The summed E-state index contributed by atoms with van der Waals surface area (Å²) in [4.78, 5) is 24.6. The number of aryl methyl sites for hydroxylation is 3. The fourth-order valence-electron chi connectivity index (χ4n) is 4.75. The van der Waals surface area contributed by atoms with E-state index in [0.29, 0.717) is 28.8 Å². The molecule has 1 amide bonds. The van der Waals surface area contributed by atoms with Crippen molar-refractivity contribution in [3.05, 3.63) is 70.7 Å². The van der Waals surface area contributed by atoms with Gasteiger partial charge in [0.1, 0.15) is 0 Å². The summed E-state index contributed by atoms with van der Waals surface area (Å²) in [6.07, 6.45) is 5.15. The number of carbonyl (C=O) groups excluding carboxylic acids is 2. The number of ketones is 1. The van der Waals surface area contributed by atoms with Crippen LogP contribution in [0.3, 0.4) is 0 Å². The second kappa shape index (κ2) is 9.58. The van der Waals surface area contributed by atoms with Gasteiger partial charge in [0, 0.05) is 35.6 Å². The second-order valence-corrected chi connectivity index (χ2v) is 9.73. The first kappa shape index (κ1) is 23.2. The molecule has 3 aromatic heterocycles. The number of nitrogens with two attached hydrogens (primary N) is 1. The Balaban J connectivity index is 1.37. The predicted molar refractivity (Wildman–Crippen MR) is 134 cm³/mol. The minimum absolute atomic E-state index is 0.0134. The molecule has 180 valence electrons. The van der Waals surface area contributed by atoms with Gasteiger partial charge in [-0.3, -0.25) is 14.2 Å². The van der Waals surface area contributed by atoms with Crippen LogP contribution in [0.25, 0.3) is 17.3 Å². The lowest BCUT2D eigenvalue weighted by Gasteiger charge is -2.12. The van der Waals surface area contributed by atoms with Crippen molar-refractivity contribution in [2.24, 2.45) is 5.73 Å². The zero-order valence-corrected chi connectivity index (χ0v) is 20.6. The Morgan fingerprint density at radius 2 is 1.94 bits per heavy atom. The van der Waals surface area contributed by atoms with Gasteiger partial charge in [-0.2, -0.15) is 0 Å². The van der Waals surface area contributed by atoms with Crippen molar-refractivity contribution >= 4 is 23.5 Å². The Morgan fingerprint density at radius 3 is 2.71 bits per heavy atom. The van der Waals surface area contributed by atoms with Crippen molar-refractivity contribution in [1.29, 1.82) is 0 Å². The molecule has 1 aliphatic carbocycles. The number of furan rings is 1. The number of rotatable bonds is 9. The lowest BCUT2D eigenvalue weighted by Crippen LogP contribution is -2.15. The van der Waals surface area contributed by atoms with Gasteiger partial charge in [0.25, 0.3) is 0 Å². The van der Waals surface area contributed by atoms with Crippen LogP contribution in [-0.4, -0.2) is 36.8 Å². The molecule has 1 aliphatic rings. The van der Waals surface area contributed by atoms with Crippen molar-refractivity contribution in [1.82, 2.24) is 19.3 Å². The molecule has 0 saturated carbocycles. The number of Topliss-reactive ketones (excluding diaryl/α,β-unsaturated/α-hetero) is 1. The van der Waals surface area contributed by atoms with Gasteiger partial charge in [-0.25, -0.2) is 0 Å². The summed E-state index contributed by atoms with van der Waals surface area (Å²) in [5.41, 5.74) is 11.9. The zero-order valence-electron chi connectivity index (χ0n) is 19.8. The van der Waals surface area contributed by atoms with E-state index in [2.05, 4.69) is 33.0 Å². The number of hydrogen-bond donors (Lipinski definition) is 1. The molecule has 0 atom stereocenters. The lowest BCUT2D eigenvalue weighted by atomic mass is 10.1. The van der Waals surface area contributed by atoms with Crippen molar-refractivity contribution in [2.75, 3.05) is 5.75 Å². The van der Waals surface area contributed by atoms with E-state index >= 15 is 0 Å². The van der Waals surface area contributed by atoms with Crippen LogP contribution in [0.15, 0.2) is 52.2 Å². The molecule has 35 heavy (non-hydrogen) atoms. The van der Waals surface area contributed by atoms with E-state index in [9.17, 15) is 9.59 Å². The molecule has 9 heteroatoms. The Labute approximate surface area is 207 Å². The van der Waals surface area contributed by atoms with E-state index < -0.39 is 5.91 Å². The fourth-order valence-corrected chi connectivity index (χ4v) is 5.60. The molecular weight excluding hydrogens is 462 g/mol. The van der Waals surface area contributed by atoms with Crippen molar-refractivity contribution < 1.29 is 14.0 Å². The fraction of sp³-hybridized carbons (Fsp3) is 0.308. The molecule has 0 radical (unpaired) electrons. The van der Waals surface area contributed by atoms with Crippen molar-refractivity contribution in [3.8, 4) is 17.3 Å². The molecule has 0 unspecified atom stereocenters. The molecule has 0 fully saturated rings. The van der Waals surface area contributed by atoms with Gasteiger partial charge in [-0.1, -0.05) is 17.8 Å². The highest BCUT2D eigenvalue weighted by molar-refractivity contribution is 7.99. The standard InChI is InChI=1S/C26H27N5O3S/c1-16-13-21(17(2)31(16)20-9-8-18-5-3-6-19(18)14-20)22(32)15-35-26-29-28-25(23-7-4-12-34-23)30(26)11-10-24(27)33/h4,7-9,12-14H,3,5-6,10-11,15H2,1-2H3,(H2,27,33). The Bertz CT molecular complexity index is 1400. The van der Waals surface area contributed by atoms with E-state index in [1.54, 1.807) is 23.0 Å². The van der Waals surface area contributed by atoms with Crippen molar-refractivity contribution in [2.45, 2.75) is 51.2 Å². The maximum absolute atomic E-state index is 13.3. The first-order valence-electron chi connectivity index (χ1n) is 11.6. The quantitative estimate of drug-likeness (QED) is 0.278. The van der Waals surface area contributed by atoms with Gasteiger partial charge in [-0.15, -0.1) is 10.2 Å². The Kier molecular flexibility index (Phi) is 6.34. The average Bonchev–Trinajstić information content (AvgIpc) is 3.62. The van der Waals surface area contributed by atoms with Gasteiger partial charge in [0.15, 0.2) is 22.5 Å². The van der Waals surface area contributed by atoms with Gasteiger partial charge in [-0.05, 0) is 74.6 Å². The summed E-state index contributed by atoms with van der Waals surface area (Å²) >= 11 is 1.29. The number of amides is 1. The molecule has 0 spiro atoms. The van der Waals surface area contributed by atoms with Crippen LogP contribution in [0.1, 0.15) is 45.7 Å². The first-order valence-corrected chi connectivity index (χ1v) is 12.6. The predicted octanol–water partition coefficient (Wildman–Crippen LogP) is 4.28. The third-order valence-electron chi connectivity index (χ3n) is 6.44. The first-order chi connectivity index (χ1) is 16.9. The summed E-state index contributed by atoms with van der Waals surface area (Å²) < 4.78 is 9.39. The minimum atomic E-state index is -0.421. The number of hydrogen-bond acceptors (Lipinski definition) is 6. The van der Waals surface area contributed by atoms with E-state index in [-0.39, 0.29) is 18.0 Å². The molecule has 0 bridgehead atoms. The highest BCUT2D eigenvalue weighted by Crippen LogP contribution is 2.29. The highest BCUT2D eigenvalue weighted by Gasteiger charge is 2.21. The van der Waals surface area contributed by atoms with Gasteiger partial charge in [0.05, 0.1) is 12.0 Å². The van der Waals surface area contributed by atoms with Crippen LogP contribution >= 0.6 is 11.8 Å². The summed E-state index contributed by atoms with van der Waals surface area (Å²) in [5.74, 6) is 0.829.